The average molecular weight is 444 g/mol. The Kier molecular flexibility index (Phi) is 8.51. The number of hydrogen-bond donors (Lipinski definition) is 0. The van der Waals surface area contributed by atoms with Crippen molar-refractivity contribution in [1.29, 1.82) is 0 Å². The normalized spacial score (nSPS) is 13.8. The highest BCUT2D eigenvalue weighted by molar-refractivity contribution is 8.13. The molecular formula is C24H33N3O3S. The summed E-state index contributed by atoms with van der Waals surface area (Å²) in [6.07, 6.45) is 0.991. The Morgan fingerprint density at radius 3 is 2.39 bits per heavy atom. The Labute approximate surface area is 189 Å². The fourth-order valence-electron chi connectivity index (χ4n) is 3.11. The van der Waals surface area contributed by atoms with Crippen LogP contribution >= 0.6 is 11.8 Å². The van der Waals surface area contributed by atoms with E-state index in [9.17, 15) is 4.79 Å². The number of aliphatic imine (C=N–C) groups is 1. The second-order valence-corrected chi connectivity index (χ2v) is 9.44. The summed E-state index contributed by atoms with van der Waals surface area (Å²) in [6.45, 7) is 12.1. The molecule has 0 saturated heterocycles. The van der Waals surface area contributed by atoms with Crippen molar-refractivity contribution >= 4 is 34.6 Å². The summed E-state index contributed by atoms with van der Waals surface area (Å²) in [7, 11) is 3.58. The van der Waals surface area contributed by atoms with Gasteiger partial charge in [-0.2, -0.15) is 5.10 Å². The largest absolute Gasteiger partial charge is 0.452 e. The fraction of sp³-hybridized carbons (Fsp3) is 0.458. The molecule has 2 aromatic rings. The third-order valence-corrected chi connectivity index (χ3v) is 5.23. The molecule has 0 spiro atoms. The third-order valence-electron chi connectivity index (χ3n) is 4.61. The highest BCUT2D eigenvalue weighted by atomic mass is 32.2. The molecule has 0 aliphatic carbocycles. The molecule has 31 heavy (non-hydrogen) atoms. The van der Waals surface area contributed by atoms with Crippen LogP contribution in [-0.2, 0) is 21.9 Å². The van der Waals surface area contributed by atoms with Crippen LogP contribution in [0.2, 0.25) is 0 Å². The zero-order valence-corrected chi connectivity index (χ0v) is 20.5. The fourth-order valence-corrected chi connectivity index (χ4v) is 3.54. The molecule has 1 aromatic carbocycles. The third kappa shape index (κ3) is 6.72. The molecule has 168 valence electrons. The number of allylic oxidation sites excluding steroid dienone is 1. The SMILES string of the molecule is CCSC(=O)OC(C)O/C(=C(/C=NC)c1ccc(C(C)(C)C)cc1)c1cc(C)nn1C. The first-order valence-electron chi connectivity index (χ1n) is 10.3. The van der Waals surface area contributed by atoms with Gasteiger partial charge in [-0.25, -0.2) is 4.79 Å². The predicted molar refractivity (Wildman–Crippen MR) is 129 cm³/mol. The van der Waals surface area contributed by atoms with Gasteiger partial charge in [0.05, 0.1) is 5.69 Å². The molecule has 1 atom stereocenters. The van der Waals surface area contributed by atoms with Crippen LogP contribution in [0.15, 0.2) is 35.3 Å². The van der Waals surface area contributed by atoms with Gasteiger partial charge in [0.25, 0.3) is 0 Å². The summed E-state index contributed by atoms with van der Waals surface area (Å²) in [5.41, 5.74) is 4.67. The van der Waals surface area contributed by atoms with Crippen LogP contribution in [0.4, 0.5) is 4.79 Å². The van der Waals surface area contributed by atoms with Crippen LogP contribution in [0.1, 0.15) is 57.1 Å². The topological polar surface area (TPSA) is 65.7 Å². The highest BCUT2D eigenvalue weighted by Crippen LogP contribution is 2.30. The molecule has 1 aromatic heterocycles. The van der Waals surface area contributed by atoms with E-state index >= 15 is 0 Å². The molecular weight excluding hydrogens is 410 g/mol. The molecule has 0 aliphatic heterocycles. The first kappa shape index (κ1) is 24.7. The molecule has 1 heterocycles. The standard InChI is InChI=1S/C24H33N3O3S/c1-9-31-23(28)30-17(3)29-22(21-14-16(2)26-27(21)8)20(15-25-7)18-10-12-19(13-11-18)24(4,5)6/h10-15,17H,9H2,1-8H3/b22-20-,25-15?. The lowest BCUT2D eigenvalue weighted by Crippen LogP contribution is -2.17. The number of aromatic nitrogens is 2. The Hall–Kier alpha value is -2.54. The maximum absolute atomic E-state index is 11.9. The van der Waals surface area contributed by atoms with E-state index in [4.69, 9.17) is 9.47 Å². The molecule has 0 fully saturated rings. The number of aryl methyl sites for hydroxylation is 2. The van der Waals surface area contributed by atoms with Crippen LogP contribution in [0, 0.1) is 6.92 Å². The van der Waals surface area contributed by atoms with E-state index in [0.29, 0.717) is 11.5 Å². The van der Waals surface area contributed by atoms with E-state index in [0.717, 1.165) is 34.3 Å². The van der Waals surface area contributed by atoms with E-state index < -0.39 is 6.29 Å². The van der Waals surface area contributed by atoms with Gasteiger partial charge in [0, 0.05) is 38.6 Å². The van der Waals surface area contributed by atoms with Gasteiger partial charge in [0.15, 0.2) is 5.76 Å². The summed E-state index contributed by atoms with van der Waals surface area (Å²) in [5.74, 6) is 1.20. The van der Waals surface area contributed by atoms with Crippen LogP contribution in [-0.4, -0.2) is 40.4 Å². The number of rotatable bonds is 7. The maximum Gasteiger partial charge on any atom is 0.370 e. The predicted octanol–water partition coefficient (Wildman–Crippen LogP) is 5.85. The highest BCUT2D eigenvalue weighted by Gasteiger charge is 2.21. The van der Waals surface area contributed by atoms with Crippen molar-refractivity contribution in [1.82, 2.24) is 9.78 Å². The van der Waals surface area contributed by atoms with Crippen molar-refractivity contribution in [3.63, 3.8) is 0 Å². The molecule has 6 nitrogen and oxygen atoms in total. The second-order valence-electron chi connectivity index (χ2n) is 8.24. The molecule has 2 rings (SSSR count). The van der Waals surface area contributed by atoms with E-state index in [-0.39, 0.29) is 10.7 Å². The maximum atomic E-state index is 11.9. The number of nitrogens with zero attached hydrogens (tertiary/aromatic N) is 3. The quantitative estimate of drug-likeness (QED) is 0.232. The van der Waals surface area contributed by atoms with Gasteiger partial charge >= 0.3 is 5.30 Å². The molecule has 0 aliphatic rings. The summed E-state index contributed by atoms with van der Waals surface area (Å²) >= 11 is 1.11. The van der Waals surface area contributed by atoms with Gasteiger partial charge in [-0.05, 0) is 41.3 Å². The van der Waals surface area contributed by atoms with Crippen molar-refractivity contribution in [2.75, 3.05) is 12.8 Å². The van der Waals surface area contributed by atoms with Crippen molar-refractivity contribution in [2.24, 2.45) is 12.0 Å². The first-order chi connectivity index (χ1) is 14.6. The summed E-state index contributed by atoms with van der Waals surface area (Å²) in [6, 6.07) is 10.3. The van der Waals surface area contributed by atoms with Crippen LogP contribution < -0.4 is 0 Å². The van der Waals surface area contributed by atoms with E-state index in [1.54, 1.807) is 24.9 Å². The van der Waals surface area contributed by atoms with E-state index in [2.05, 4.69) is 55.1 Å². The Morgan fingerprint density at radius 1 is 1.26 bits per heavy atom. The Bertz CT molecular complexity index is 953. The van der Waals surface area contributed by atoms with Gasteiger partial charge in [-0.1, -0.05) is 52.0 Å². The minimum atomic E-state index is -0.772. The molecule has 0 saturated carbocycles. The number of ether oxygens (including phenoxy) is 2. The van der Waals surface area contributed by atoms with Gasteiger partial charge in [0.2, 0.25) is 6.29 Å². The summed E-state index contributed by atoms with van der Waals surface area (Å²) in [4.78, 5) is 16.2. The molecule has 7 heteroatoms. The van der Waals surface area contributed by atoms with Gasteiger partial charge < -0.3 is 9.47 Å². The molecule has 0 radical (unpaired) electrons. The molecule has 0 N–H and O–H groups in total. The number of hydrogen-bond acceptors (Lipinski definition) is 6. The average Bonchev–Trinajstić information content (AvgIpc) is 3.02. The Morgan fingerprint density at radius 2 is 1.90 bits per heavy atom. The number of carbonyl (C=O) groups excluding carboxylic acids is 1. The van der Waals surface area contributed by atoms with Gasteiger partial charge in [-0.15, -0.1) is 0 Å². The minimum absolute atomic E-state index is 0.0550. The molecule has 0 amide bonds. The van der Waals surface area contributed by atoms with Crippen molar-refractivity contribution in [2.45, 2.75) is 53.2 Å². The number of thioether (sulfide) groups is 1. The van der Waals surface area contributed by atoms with Crippen LogP contribution in [0.25, 0.3) is 11.3 Å². The monoisotopic (exact) mass is 443 g/mol. The van der Waals surface area contributed by atoms with Crippen molar-refractivity contribution < 1.29 is 14.3 Å². The van der Waals surface area contributed by atoms with Gasteiger partial charge in [0.1, 0.15) is 5.69 Å². The Balaban J connectivity index is 2.57. The van der Waals surface area contributed by atoms with Crippen LogP contribution in [0.5, 0.6) is 0 Å². The number of benzene rings is 1. The summed E-state index contributed by atoms with van der Waals surface area (Å²) in [5, 5.41) is 4.09. The van der Waals surface area contributed by atoms with Crippen molar-refractivity contribution in [3.05, 3.63) is 52.8 Å². The zero-order valence-electron chi connectivity index (χ0n) is 19.7. The first-order valence-corrected chi connectivity index (χ1v) is 11.3. The lowest BCUT2D eigenvalue weighted by atomic mass is 9.86. The van der Waals surface area contributed by atoms with E-state index in [1.807, 2.05) is 27.0 Å². The number of carbonyl (C=O) groups is 1. The molecule has 1 unspecified atom stereocenters. The van der Waals surface area contributed by atoms with Gasteiger partial charge in [-0.3, -0.25) is 9.67 Å². The smallest absolute Gasteiger partial charge is 0.370 e. The summed E-state index contributed by atoms with van der Waals surface area (Å²) < 4.78 is 13.4. The van der Waals surface area contributed by atoms with Crippen LogP contribution in [0.3, 0.4) is 0 Å². The van der Waals surface area contributed by atoms with E-state index in [1.165, 1.54) is 5.56 Å². The second kappa shape index (κ2) is 10.7. The van der Waals surface area contributed by atoms with Crippen molar-refractivity contribution in [3.8, 4) is 0 Å². The zero-order chi connectivity index (χ0) is 23.2. The lowest BCUT2D eigenvalue weighted by molar-refractivity contribution is -0.0253. The molecule has 0 bridgehead atoms. The lowest BCUT2D eigenvalue weighted by Gasteiger charge is -2.21. The minimum Gasteiger partial charge on any atom is -0.452 e.